The molecule has 1 N–H and O–H groups in total. The van der Waals surface area contributed by atoms with E-state index in [1.807, 2.05) is 0 Å². The number of piperidine rings is 1. The van der Waals surface area contributed by atoms with Crippen LogP contribution in [0, 0.1) is 11.6 Å². The molecule has 0 aliphatic carbocycles. The van der Waals surface area contributed by atoms with Crippen molar-refractivity contribution in [3.05, 3.63) is 29.8 Å². The van der Waals surface area contributed by atoms with Crippen molar-refractivity contribution in [2.24, 2.45) is 0 Å². The zero-order valence-electron chi connectivity index (χ0n) is 10.7. The summed E-state index contributed by atoms with van der Waals surface area (Å²) in [4.78, 5) is 13.5. The molecule has 0 unspecified atom stereocenters. The quantitative estimate of drug-likeness (QED) is 0.897. The molecule has 2 rings (SSSR count). The van der Waals surface area contributed by atoms with E-state index in [1.54, 1.807) is 12.0 Å². The highest BCUT2D eigenvalue weighted by Crippen LogP contribution is 2.18. The molecular weight excluding hydrogens is 254 g/mol. The van der Waals surface area contributed by atoms with E-state index in [4.69, 9.17) is 4.74 Å². The van der Waals surface area contributed by atoms with Crippen LogP contribution in [-0.2, 0) is 4.74 Å². The van der Waals surface area contributed by atoms with Gasteiger partial charge in [-0.25, -0.2) is 13.6 Å². The Balaban J connectivity index is 1.94. The average molecular weight is 270 g/mol. The number of amides is 2. The van der Waals surface area contributed by atoms with E-state index in [2.05, 4.69) is 5.32 Å². The Morgan fingerprint density at radius 3 is 2.63 bits per heavy atom. The predicted octanol–water partition coefficient (Wildman–Crippen LogP) is 2.61. The number of urea groups is 1. The molecule has 1 fully saturated rings. The lowest BCUT2D eigenvalue weighted by atomic mass is 10.1. The third kappa shape index (κ3) is 3.41. The first-order valence-corrected chi connectivity index (χ1v) is 6.14. The van der Waals surface area contributed by atoms with Gasteiger partial charge in [0.1, 0.15) is 11.6 Å². The number of anilines is 1. The van der Waals surface area contributed by atoms with Gasteiger partial charge in [-0.05, 0) is 25.0 Å². The molecular formula is C13H16F2N2O2. The highest BCUT2D eigenvalue weighted by molar-refractivity contribution is 5.89. The van der Waals surface area contributed by atoms with Gasteiger partial charge < -0.3 is 15.0 Å². The largest absolute Gasteiger partial charge is 0.381 e. The maximum Gasteiger partial charge on any atom is 0.321 e. The second kappa shape index (κ2) is 5.97. The van der Waals surface area contributed by atoms with Gasteiger partial charge in [-0.2, -0.15) is 0 Å². The van der Waals surface area contributed by atoms with Crippen molar-refractivity contribution in [1.29, 1.82) is 0 Å². The van der Waals surface area contributed by atoms with E-state index in [0.29, 0.717) is 13.1 Å². The number of nitrogens with zero attached hydrogens (tertiary/aromatic N) is 1. The van der Waals surface area contributed by atoms with Gasteiger partial charge in [0, 0.05) is 26.3 Å². The standard InChI is InChI=1S/C13H16F2N2O2/c1-19-10-4-6-17(7-5-10)13(18)16-12-3-2-9(14)8-11(12)15/h2-3,8,10H,4-7H2,1H3,(H,16,18). The lowest BCUT2D eigenvalue weighted by molar-refractivity contribution is 0.0521. The van der Waals surface area contributed by atoms with Crippen molar-refractivity contribution in [3.8, 4) is 0 Å². The number of carbonyl (C=O) groups is 1. The van der Waals surface area contributed by atoms with Crippen LogP contribution >= 0.6 is 0 Å². The number of methoxy groups -OCH3 is 1. The highest BCUT2D eigenvalue weighted by Gasteiger charge is 2.23. The van der Waals surface area contributed by atoms with Crippen molar-refractivity contribution in [3.63, 3.8) is 0 Å². The zero-order valence-corrected chi connectivity index (χ0v) is 10.7. The molecule has 2 amide bonds. The van der Waals surface area contributed by atoms with Crippen LogP contribution in [0.3, 0.4) is 0 Å². The van der Waals surface area contributed by atoms with Gasteiger partial charge in [-0.1, -0.05) is 0 Å². The fraction of sp³-hybridized carbons (Fsp3) is 0.462. The van der Waals surface area contributed by atoms with Crippen LogP contribution in [0.25, 0.3) is 0 Å². The Hall–Kier alpha value is -1.69. The number of halogens is 2. The molecule has 0 spiro atoms. The van der Waals surface area contributed by atoms with Gasteiger partial charge in [0.2, 0.25) is 0 Å². The average Bonchev–Trinajstić information content (AvgIpc) is 2.42. The SMILES string of the molecule is COC1CCN(C(=O)Nc2ccc(F)cc2F)CC1. The lowest BCUT2D eigenvalue weighted by Gasteiger charge is -2.31. The van der Waals surface area contributed by atoms with Crippen molar-refractivity contribution in [1.82, 2.24) is 4.90 Å². The first kappa shape index (κ1) is 13.7. The molecule has 1 heterocycles. The van der Waals surface area contributed by atoms with E-state index in [1.165, 1.54) is 6.07 Å². The van der Waals surface area contributed by atoms with Gasteiger partial charge in [-0.3, -0.25) is 0 Å². The summed E-state index contributed by atoms with van der Waals surface area (Å²) in [6.07, 6.45) is 1.69. The molecule has 104 valence electrons. The van der Waals surface area contributed by atoms with Crippen LogP contribution in [-0.4, -0.2) is 37.2 Å². The van der Waals surface area contributed by atoms with Crippen LogP contribution in [0.15, 0.2) is 18.2 Å². The van der Waals surface area contributed by atoms with Gasteiger partial charge in [0.25, 0.3) is 0 Å². The Morgan fingerprint density at radius 2 is 2.05 bits per heavy atom. The number of hydrogen-bond acceptors (Lipinski definition) is 2. The molecule has 19 heavy (non-hydrogen) atoms. The fourth-order valence-corrected chi connectivity index (χ4v) is 2.08. The van der Waals surface area contributed by atoms with E-state index in [0.717, 1.165) is 25.0 Å². The Labute approximate surface area is 110 Å². The zero-order chi connectivity index (χ0) is 13.8. The number of ether oxygens (including phenoxy) is 1. The topological polar surface area (TPSA) is 41.6 Å². The third-order valence-electron chi connectivity index (χ3n) is 3.24. The summed E-state index contributed by atoms with van der Waals surface area (Å²) >= 11 is 0. The smallest absolute Gasteiger partial charge is 0.321 e. The highest BCUT2D eigenvalue weighted by atomic mass is 19.1. The van der Waals surface area contributed by atoms with Gasteiger partial charge in [0.05, 0.1) is 11.8 Å². The number of likely N-dealkylation sites (tertiary alicyclic amines) is 1. The van der Waals surface area contributed by atoms with Crippen molar-refractivity contribution in [2.75, 3.05) is 25.5 Å². The van der Waals surface area contributed by atoms with Crippen LogP contribution in [0.2, 0.25) is 0 Å². The minimum atomic E-state index is -0.778. The number of nitrogens with one attached hydrogen (secondary N) is 1. The summed E-state index contributed by atoms with van der Waals surface area (Å²) in [6.45, 7) is 1.13. The summed E-state index contributed by atoms with van der Waals surface area (Å²) in [7, 11) is 1.65. The van der Waals surface area contributed by atoms with Gasteiger partial charge >= 0.3 is 6.03 Å². The van der Waals surface area contributed by atoms with Crippen LogP contribution in [0.4, 0.5) is 19.3 Å². The molecule has 0 saturated carbocycles. The van der Waals surface area contributed by atoms with Crippen molar-refractivity contribution in [2.45, 2.75) is 18.9 Å². The normalized spacial score (nSPS) is 16.5. The molecule has 1 aliphatic heterocycles. The van der Waals surface area contributed by atoms with Crippen LogP contribution in [0.1, 0.15) is 12.8 Å². The molecule has 4 nitrogen and oxygen atoms in total. The van der Waals surface area contributed by atoms with Gasteiger partial charge in [0.15, 0.2) is 0 Å². The monoisotopic (exact) mass is 270 g/mol. The molecule has 6 heteroatoms. The van der Waals surface area contributed by atoms with Crippen LogP contribution in [0.5, 0.6) is 0 Å². The number of carbonyl (C=O) groups excluding carboxylic acids is 1. The van der Waals surface area contributed by atoms with E-state index < -0.39 is 11.6 Å². The van der Waals surface area contributed by atoms with Crippen LogP contribution < -0.4 is 5.32 Å². The minimum absolute atomic E-state index is 0.0136. The molecule has 1 aromatic carbocycles. The molecule has 0 aromatic heterocycles. The Kier molecular flexibility index (Phi) is 4.31. The third-order valence-corrected chi connectivity index (χ3v) is 3.24. The summed E-state index contributed by atoms with van der Waals surface area (Å²) in [5.74, 6) is -1.45. The Bertz CT molecular complexity index is 460. The summed E-state index contributed by atoms with van der Waals surface area (Å²) in [6, 6.07) is 2.69. The second-order valence-corrected chi connectivity index (χ2v) is 4.48. The molecule has 0 bridgehead atoms. The summed E-state index contributed by atoms with van der Waals surface area (Å²) in [5, 5.41) is 2.44. The first-order valence-electron chi connectivity index (χ1n) is 6.14. The van der Waals surface area contributed by atoms with E-state index in [9.17, 15) is 13.6 Å². The lowest BCUT2D eigenvalue weighted by Crippen LogP contribution is -2.42. The molecule has 1 aromatic rings. The number of hydrogen-bond donors (Lipinski definition) is 1. The molecule has 1 saturated heterocycles. The summed E-state index contributed by atoms with van der Waals surface area (Å²) < 4.78 is 31.4. The van der Waals surface area contributed by atoms with E-state index >= 15 is 0 Å². The second-order valence-electron chi connectivity index (χ2n) is 4.48. The maximum atomic E-state index is 13.4. The molecule has 1 aliphatic rings. The first-order chi connectivity index (χ1) is 9.10. The van der Waals surface area contributed by atoms with Crippen molar-refractivity contribution < 1.29 is 18.3 Å². The maximum absolute atomic E-state index is 13.4. The summed E-state index contributed by atoms with van der Waals surface area (Å²) in [5.41, 5.74) is -0.0136. The predicted molar refractivity (Wildman–Crippen MR) is 67.0 cm³/mol. The van der Waals surface area contributed by atoms with Gasteiger partial charge in [-0.15, -0.1) is 0 Å². The van der Waals surface area contributed by atoms with E-state index in [-0.39, 0.29) is 17.8 Å². The Morgan fingerprint density at radius 1 is 1.37 bits per heavy atom. The molecule has 0 atom stereocenters. The minimum Gasteiger partial charge on any atom is -0.381 e. The number of rotatable bonds is 2. The van der Waals surface area contributed by atoms with Crippen molar-refractivity contribution >= 4 is 11.7 Å². The molecule has 0 radical (unpaired) electrons. The number of benzene rings is 1. The fourth-order valence-electron chi connectivity index (χ4n) is 2.08.